The molecule has 126 valence electrons. The summed E-state index contributed by atoms with van der Waals surface area (Å²) in [6.07, 6.45) is 0.0682. The number of hydrogen-bond acceptors (Lipinski definition) is 5. The highest BCUT2D eigenvalue weighted by Gasteiger charge is 2.39. The number of aliphatic imine (C=N–C) groups is 1. The largest absolute Gasteiger partial charge is 0.324 e. The van der Waals surface area contributed by atoms with E-state index in [0.29, 0.717) is 17.5 Å². The molecule has 1 fully saturated rings. The second kappa shape index (κ2) is 5.99. The van der Waals surface area contributed by atoms with Crippen LogP contribution in [0.4, 0.5) is 5.69 Å². The molecule has 0 unspecified atom stereocenters. The smallest absolute Gasteiger partial charge is 0.249 e. The number of aryl methyl sites for hydroxylation is 2. The van der Waals surface area contributed by atoms with Crippen LogP contribution in [-0.2, 0) is 9.59 Å². The Morgan fingerprint density at radius 3 is 2.71 bits per heavy atom. The van der Waals surface area contributed by atoms with Crippen LogP contribution < -0.4 is 16.1 Å². The molecule has 0 aliphatic carbocycles. The SMILES string of the molecule is CC(C)=C1N=C2NC(=O)C[C@H](C(=O)Nc3ccc(C)c(C)c3)N2N1. The van der Waals surface area contributed by atoms with Crippen LogP contribution in [0.5, 0.6) is 0 Å². The van der Waals surface area contributed by atoms with Crippen molar-refractivity contribution in [1.82, 2.24) is 15.8 Å². The van der Waals surface area contributed by atoms with E-state index in [-0.39, 0.29) is 18.2 Å². The standard InChI is InChI=1S/C17H21N5O2/c1-9(2)15-20-17-19-14(23)8-13(22(17)21-15)16(24)18-12-6-5-10(3)11(4)7-12/h5-7,13,21H,8H2,1-4H3,(H,18,24)(H,19,20,23)/t13-/m1/s1. The maximum Gasteiger partial charge on any atom is 0.249 e. The van der Waals surface area contributed by atoms with Gasteiger partial charge in [-0.2, -0.15) is 4.99 Å². The third kappa shape index (κ3) is 2.97. The summed E-state index contributed by atoms with van der Waals surface area (Å²) in [7, 11) is 0. The van der Waals surface area contributed by atoms with Gasteiger partial charge in [0.15, 0.2) is 0 Å². The molecule has 24 heavy (non-hydrogen) atoms. The van der Waals surface area contributed by atoms with Crippen molar-refractivity contribution in [2.24, 2.45) is 4.99 Å². The summed E-state index contributed by atoms with van der Waals surface area (Å²) >= 11 is 0. The van der Waals surface area contributed by atoms with Crippen LogP contribution in [0.3, 0.4) is 0 Å². The number of hydrazine groups is 1. The molecule has 0 bridgehead atoms. The van der Waals surface area contributed by atoms with Crippen molar-refractivity contribution >= 4 is 23.5 Å². The number of benzene rings is 1. The number of nitrogens with zero attached hydrogens (tertiary/aromatic N) is 2. The van der Waals surface area contributed by atoms with Gasteiger partial charge >= 0.3 is 0 Å². The fourth-order valence-corrected chi connectivity index (χ4v) is 2.59. The Hall–Kier alpha value is -2.83. The molecule has 1 atom stereocenters. The summed E-state index contributed by atoms with van der Waals surface area (Å²) in [6, 6.07) is 5.08. The Morgan fingerprint density at radius 1 is 1.29 bits per heavy atom. The number of allylic oxidation sites excluding steroid dienone is 1. The molecule has 2 aliphatic rings. The monoisotopic (exact) mass is 327 g/mol. The third-order valence-electron chi connectivity index (χ3n) is 4.16. The van der Waals surface area contributed by atoms with Crippen LogP contribution in [0.15, 0.2) is 34.6 Å². The highest BCUT2D eigenvalue weighted by Crippen LogP contribution is 2.20. The van der Waals surface area contributed by atoms with Crippen molar-refractivity contribution in [3.05, 3.63) is 40.7 Å². The molecule has 1 aromatic carbocycles. The predicted octanol–water partition coefficient (Wildman–Crippen LogP) is 1.56. The quantitative estimate of drug-likeness (QED) is 0.769. The summed E-state index contributed by atoms with van der Waals surface area (Å²) in [5, 5.41) is 7.19. The van der Waals surface area contributed by atoms with Crippen LogP contribution in [0.1, 0.15) is 31.4 Å². The van der Waals surface area contributed by atoms with Gasteiger partial charge in [0, 0.05) is 5.69 Å². The van der Waals surface area contributed by atoms with E-state index >= 15 is 0 Å². The molecule has 7 nitrogen and oxygen atoms in total. The summed E-state index contributed by atoms with van der Waals surface area (Å²) < 4.78 is 0. The number of amides is 2. The molecule has 1 saturated heterocycles. The van der Waals surface area contributed by atoms with Crippen molar-refractivity contribution in [2.75, 3.05) is 5.32 Å². The molecule has 1 aromatic rings. The van der Waals surface area contributed by atoms with E-state index in [1.54, 1.807) is 5.01 Å². The number of anilines is 1. The second-order valence-corrected chi connectivity index (χ2v) is 6.32. The van der Waals surface area contributed by atoms with Gasteiger partial charge < -0.3 is 5.32 Å². The van der Waals surface area contributed by atoms with Crippen LogP contribution in [-0.4, -0.2) is 28.8 Å². The van der Waals surface area contributed by atoms with Crippen molar-refractivity contribution in [2.45, 2.75) is 40.2 Å². The van der Waals surface area contributed by atoms with Gasteiger partial charge in [-0.05, 0) is 56.5 Å². The van der Waals surface area contributed by atoms with Crippen LogP contribution in [0.2, 0.25) is 0 Å². The number of rotatable bonds is 2. The molecule has 0 radical (unpaired) electrons. The van der Waals surface area contributed by atoms with Crippen molar-refractivity contribution in [3.8, 4) is 0 Å². The second-order valence-electron chi connectivity index (χ2n) is 6.32. The summed E-state index contributed by atoms with van der Waals surface area (Å²) in [6.45, 7) is 7.84. The summed E-state index contributed by atoms with van der Waals surface area (Å²) in [5.41, 5.74) is 7.03. The number of carbonyl (C=O) groups is 2. The van der Waals surface area contributed by atoms with E-state index in [0.717, 1.165) is 16.7 Å². The normalized spacial score (nSPS) is 19.2. The van der Waals surface area contributed by atoms with Crippen molar-refractivity contribution in [3.63, 3.8) is 0 Å². The third-order valence-corrected chi connectivity index (χ3v) is 4.16. The maximum atomic E-state index is 12.7. The van der Waals surface area contributed by atoms with Crippen molar-refractivity contribution in [1.29, 1.82) is 0 Å². The first-order valence-corrected chi connectivity index (χ1v) is 7.85. The zero-order valence-corrected chi connectivity index (χ0v) is 14.2. The minimum atomic E-state index is -0.657. The number of hydrogen-bond donors (Lipinski definition) is 3. The molecule has 3 N–H and O–H groups in total. The number of carbonyl (C=O) groups excluding carboxylic acids is 2. The van der Waals surface area contributed by atoms with Gasteiger partial charge in [0.2, 0.25) is 17.8 Å². The fraction of sp³-hybridized carbons (Fsp3) is 0.353. The number of fused-ring (bicyclic) bond motifs is 1. The van der Waals surface area contributed by atoms with Gasteiger partial charge in [-0.15, -0.1) is 0 Å². The average molecular weight is 327 g/mol. The Balaban J connectivity index is 1.81. The molecule has 0 aromatic heterocycles. The van der Waals surface area contributed by atoms with Gasteiger partial charge in [0.05, 0.1) is 6.42 Å². The topological polar surface area (TPSA) is 85.8 Å². The number of guanidine groups is 1. The van der Waals surface area contributed by atoms with Gasteiger partial charge in [0.25, 0.3) is 0 Å². The lowest BCUT2D eigenvalue weighted by Gasteiger charge is -2.32. The molecule has 2 heterocycles. The molecular weight excluding hydrogens is 306 g/mol. The number of nitrogens with one attached hydrogen (secondary N) is 3. The maximum absolute atomic E-state index is 12.7. The zero-order chi connectivity index (χ0) is 17.4. The predicted molar refractivity (Wildman–Crippen MR) is 91.9 cm³/mol. The van der Waals surface area contributed by atoms with Crippen LogP contribution >= 0.6 is 0 Å². The molecule has 2 aliphatic heterocycles. The lowest BCUT2D eigenvalue weighted by atomic mass is 10.1. The van der Waals surface area contributed by atoms with Crippen LogP contribution in [0, 0.1) is 13.8 Å². The molecule has 0 spiro atoms. The summed E-state index contributed by atoms with van der Waals surface area (Å²) in [4.78, 5) is 28.9. The van der Waals surface area contributed by atoms with E-state index in [1.807, 2.05) is 45.9 Å². The van der Waals surface area contributed by atoms with Gasteiger partial charge in [-0.3, -0.25) is 20.3 Å². The molecule has 7 heteroatoms. The van der Waals surface area contributed by atoms with Crippen LogP contribution in [0.25, 0.3) is 0 Å². The minimum Gasteiger partial charge on any atom is -0.324 e. The van der Waals surface area contributed by atoms with E-state index in [9.17, 15) is 9.59 Å². The Morgan fingerprint density at radius 2 is 2.04 bits per heavy atom. The van der Waals surface area contributed by atoms with E-state index in [1.165, 1.54) is 0 Å². The lowest BCUT2D eigenvalue weighted by Crippen LogP contribution is -2.61. The van der Waals surface area contributed by atoms with E-state index in [4.69, 9.17) is 0 Å². The Kier molecular flexibility index (Phi) is 4.01. The first-order valence-electron chi connectivity index (χ1n) is 7.85. The highest BCUT2D eigenvalue weighted by molar-refractivity contribution is 6.07. The molecular formula is C17H21N5O2. The first kappa shape index (κ1) is 16.0. The first-order chi connectivity index (χ1) is 11.3. The van der Waals surface area contributed by atoms with Crippen molar-refractivity contribution < 1.29 is 9.59 Å². The van der Waals surface area contributed by atoms with E-state index < -0.39 is 6.04 Å². The Labute approximate surface area is 140 Å². The Bertz CT molecular complexity index is 777. The fourth-order valence-electron chi connectivity index (χ4n) is 2.59. The average Bonchev–Trinajstić information content (AvgIpc) is 2.94. The van der Waals surface area contributed by atoms with Gasteiger partial charge in [-0.1, -0.05) is 6.07 Å². The lowest BCUT2D eigenvalue weighted by molar-refractivity contribution is -0.129. The molecule has 2 amide bonds. The van der Waals surface area contributed by atoms with Gasteiger partial charge in [0.1, 0.15) is 11.9 Å². The minimum absolute atomic E-state index is 0.0682. The molecule has 3 rings (SSSR count). The van der Waals surface area contributed by atoms with Gasteiger partial charge in [-0.25, -0.2) is 5.01 Å². The highest BCUT2D eigenvalue weighted by atomic mass is 16.2. The molecule has 0 saturated carbocycles. The zero-order valence-electron chi connectivity index (χ0n) is 14.2. The van der Waals surface area contributed by atoms with E-state index in [2.05, 4.69) is 21.1 Å². The summed E-state index contributed by atoms with van der Waals surface area (Å²) in [5.74, 6) is 0.546.